The van der Waals surface area contributed by atoms with Gasteiger partial charge in [-0.2, -0.15) is 0 Å². The summed E-state index contributed by atoms with van der Waals surface area (Å²) in [5, 5.41) is 3.55. The lowest BCUT2D eigenvalue weighted by Crippen LogP contribution is -3.08. The van der Waals surface area contributed by atoms with Gasteiger partial charge in [0.25, 0.3) is 5.91 Å². The van der Waals surface area contributed by atoms with Gasteiger partial charge in [0.2, 0.25) is 0 Å². The summed E-state index contributed by atoms with van der Waals surface area (Å²) >= 11 is 5.83. The molecule has 2 aromatic carbocycles. The average Bonchev–Trinajstić information content (AvgIpc) is 2.44. The molecule has 2 N–H and O–H groups in total. The lowest BCUT2D eigenvalue weighted by molar-refractivity contribution is -0.885. The molecule has 0 fully saturated rings. The maximum Gasteiger partial charge on any atom is 0.279 e. The van der Waals surface area contributed by atoms with E-state index in [1.807, 2.05) is 7.05 Å². The zero-order chi connectivity index (χ0) is 16.1. The second-order valence-corrected chi connectivity index (χ2v) is 6.23. The van der Waals surface area contributed by atoms with Crippen molar-refractivity contribution >= 4 is 23.2 Å². The summed E-state index contributed by atoms with van der Waals surface area (Å²) in [4.78, 5) is 13.2. The molecule has 0 aliphatic heterocycles. The van der Waals surface area contributed by atoms with Crippen LogP contribution in [-0.2, 0) is 11.3 Å². The van der Waals surface area contributed by atoms with E-state index in [0.717, 1.165) is 17.1 Å². The van der Waals surface area contributed by atoms with Crippen molar-refractivity contribution in [2.45, 2.75) is 20.4 Å². The second kappa shape index (κ2) is 7.43. The second-order valence-electron chi connectivity index (χ2n) is 5.80. The van der Waals surface area contributed by atoms with Crippen LogP contribution >= 0.6 is 11.6 Å². The van der Waals surface area contributed by atoms with E-state index < -0.39 is 0 Å². The summed E-state index contributed by atoms with van der Waals surface area (Å²) in [7, 11) is 2.03. The fraction of sp³-hybridized carbons (Fsp3) is 0.278. The van der Waals surface area contributed by atoms with Crippen LogP contribution in [0.25, 0.3) is 0 Å². The van der Waals surface area contributed by atoms with Crippen LogP contribution in [0.1, 0.15) is 16.7 Å². The van der Waals surface area contributed by atoms with Crippen LogP contribution in [0.5, 0.6) is 0 Å². The number of aryl methyl sites for hydroxylation is 2. The number of quaternary nitrogens is 1. The predicted octanol–water partition coefficient (Wildman–Crippen LogP) is 2.61. The first-order valence-electron chi connectivity index (χ1n) is 7.37. The van der Waals surface area contributed by atoms with Gasteiger partial charge in [0.1, 0.15) is 6.54 Å². The molecule has 2 aromatic rings. The first-order valence-corrected chi connectivity index (χ1v) is 7.74. The van der Waals surface area contributed by atoms with E-state index in [2.05, 4.69) is 37.4 Å². The molecule has 0 heterocycles. The van der Waals surface area contributed by atoms with E-state index in [4.69, 9.17) is 11.6 Å². The first kappa shape index (κ1) is 16.5. The zero-order valence-corrected chi connectivity index (χ0v) is 14.0. The molecular formula is C18H22ClN2O+. The van der Waals surface area contributed by atoms with E-state index in [0.29, 0.717) is 11.6 Å². The third-order valence-corrected chi connectivity index (χ3v) is 3.83. The number of hydrogen-bond acceptors (Lipinski definition) is 1. The molecule has 0 aliphatic rings. The topological polar surface area (TPSA) is 33.5 Å². The van der Waals surface area contributed by atoms with Crippen molar-refractivity contribution in [3.8, 4) is 0 Å². The summed E-state index contributed by atoms with van der Waals surface area (Å²) < 4.78 is 0. The highest BCUT2D eigenvalue weighted by molar-refractivity contribution is 6.30. The number of anilines is 1. The number of carbonyl (C=O) groups excluding carboxylic acids is 1. The van der Waals surface area contributed by atoms with E-state index in [1.54, 1.807) is 24.3 Å². The number of hydrogen-bond donors (Lipinski definition) is 2. The largest absolute Gasteiger partial charge is 0.326 e. The molecule has 0 spiro atoms. The number of benzene rings is 2. The van der Waals surface area contributed by atoms with Crippen LogP contribution in [0.15, 0.2) is 42.5 Å². The van der Waals surface area contributed by atoms with Gasteiger partial charge in [-0.15, -0.1) is 0 Å². The molecule has 3 nitrogen and oxygen atoms in total. The monoisotopic (exact) mass is 317 g/mol. The molecule has 0 saturated carbocycles. The average molecular weight is 318 g/mol. The van der Waals surface area contributed by atoms with Gasteiger partial charge in [-0.05, 0) is 43.7 Å². The van der Waals surface area contributed by atoms with Crippen LogP contribution < -0.4 is 10.2 Å². The van der Waals surface area contributed by atoms with Crippen molar-refractivity contribution in [2.75, 3.05) is 18.9 Å². The summed E-state index contributed by atoms with van der Waals surface area (Å²) in [6.45, 7) is 5.46. The van der Waals surface area contributed by atoms with Crippen LogP contribution in [0.4, 0.5) is 5.69 Å². The third kappa shape index (κ3) is 4.86. The zero-order valence-electron chi connectivity index (χ0n) is 13.2. The molecule has 0 radical (unpaired) electrons. The Hall–Kier alpha value is -1.84. The minimum absolute atomic E-state index is 0.00425. The number of nitrogens with one attached hydrogen (secondary N) is 2. The molecule has 4 heteroatoms. The van der Waals surface area contributed by atoms with Crippen LogP contribution in [-0.4, -0.2) is 19.5 Å². The lowest BCUT2D eigenvalue weighted by atomic mass is 10.1. The van der Waals surface area contributed by atoms with Crippen molar-refractivity contribution < 1.29 is 9.69 Å². The van der Waals surface area contributed by atoms with Crippen LogP contribution in [0, 0.1) is 13.8 Å². The van der Waals surface area contributed by atoms with Crippen LogP contribution in [0.3, 0.4) is 0 Å². The summed E-state index contributed by atoms with van der Waals surface area (Å²) in [6.07, 6.45) is 0. The fourth-order valence-electron chi connectivity index (χ4n) is 2.44. The molecule has 1 amide bonds. The third-order valence-electron chi connectivity index (χ3n) is 3.58. The highest BCUT2D eigenvalue weighted by atomic mass is 35.5. The van der Waals surface area contributed by atoms with Crippen LogP contribution in [0.2, 0.25) is 5.02 Å². The number of rotatable bonds is 5. The van der Waals surface area contributed by atoms with E-state index in [9.17, 15) is 4.79 Å². The molecule has 0 aromatic heterocycles. The normalized spacial score (nSPS) is 12.0. The highest BCUT2D eigenvalue weighted by Gasteiger charge is 2.12. The Bertz CT molecular complexity index is 653. The van der Waals surface area contributed by atoms with E-state index in [-0.39, 0.29) is 5.91 Å². The van der Waals surface area contributed by atoms with Crippen molar-refractivity contribution in [1.82, 2.24) is 0 Å². The Morgan fingerprint density at radius 3 is 2.45 bits per heavy atom. The van der Waals surface area contributed by atoms with Crippen molar-refractivity contribution in [3.63, 3.8) is 0 Å². The van der Waals surface area contributed by atoms with E-state index in [1.165, 1.54) is 16.7 Å². The molecule has 1 unspecified atom stereocenters. The Labute approximate surface area is 136 Å². The molecule has 2 rings (SSSR count). The number of likely N-dealkylation sites (N-methyl/N-ethyl adjacent to an activating group) is 1. The van der Waals surface area contributed by atoms with Gasteiger partial charge in [0.05, 0.1) is 7.05 Å². The Morgan fingerprint density at radius 1 is 1.14 bits per heavy atom. The minimum Gasteiger partial charge on any atom is -0.326 e. The standard InChI is InChI=1S/C18H21ClN2O/c1-13-4-5-15(14(2)10-13)11-21(3)12-18(22)20-17-8-6-16(19)7-9-17/h4-10H,11-12H2,1-3H3,(H,20,22)/p+1. The van der Waals surface area contributed by atoms with Gasteiger partial charge in [0, 0.05) is 16.3 Å². The minimum atomic E-state index is 0.00425. The summed E-state index contributed by atoms with van der Waals surface area (Å²) in [6, 6.07) is 13.6. The van der Waals surface area contributed by atoms with Crippen molar-refractivity contribution in [3.05, 3.63) is 64.2 Å². The fourth-order valence-corrected chi connectivity index (χ4v) is 2.57. The van der Waals surface area contributed by atoms with Crippen molar-refractivity contribution in [2.24, 2.45) is 0 Å². The van der Waals surface area contributed by atoms with Crippen molar-refractivity contribution in [1.29, 1.82) is 0 Å². The van der Waals surface area contributed by atoms with Gasteiger partial charge >= 0.3 is 0 Å². The number of carbonyl (C=O) groups is 1. The van der Waals surface area contributed by atoms with Gasteiger partial charge in [-0.25, -0.2) is 0 Å². The Balaban J connectivity index is 1.89. The predicted molar refractivity (Wildman–Crippen MR) is 91.5 cm³/mol. The number of amides is 1. The quantitative estimate of drug-likeness (QED) is 0.873. The molecular weight excluding hydrogens is 296 g/mol. The van der Waals surface area contributed by atoms with Gasteiger partial charge in [-0.3, -0.25) is 4.79 Å². The lowest BCUT2D eigenvalue weighted by Gasteiger charge is -2.15. The van der Waals surface area contributed by atoms with Gasteiger partial charge < -0.3 is 10.2 Å². The summed E-state index contributed by atoms with van der Waals surface area (Å²) in [5.41, 5.74) is 4.59. The molecule has 0 aliphatic carbocycles. The SMILES string of the molecule is Cc1ccc(C[NH+](C)CC(=O)Nc2ccc(Cl)cc2)c(C)c1. The first-order chi connectivity index (χ1) is 10.4. The molecule has 0 saturated heterocycles. The molecule has 22 heavy (non-hydrogen) atoms. The maximum atomic E-state index is 12.1. The Morgan fingerprint density at radius 2 is 1.82 bits per heavy atom. The molecule has 1 atom stereocenters. The molecule has 116 valence electrons. The molecule has 0 bridgehead atoms. The number of halogens is 1. The summed E-state index contributed by atoms with van der Waals surface area (Å²) in [5.74, 6) is 0.00425. The van der Waals surface area contributed by atoms with E-state index >= 15 is 0 Å². The van der Waals surface area contributed by atoms with Gasteiger partial charge in [-0.1, -0.05) is 35.4 Å². The maximum absolute atomic E-state index is 12.1. The van der Waals surface area contributed by atoms with Gasteiger partial charge in [0.15, 0.2) is 6.54 Å². The highest BCUT2D eigenvalue weighted by Crippen LogP contribution is 2.13. The smallest absolute Gasteiger partial charge is 0.279 e. The Kier molecular flexibility index (Phi) is 5.58.